The number of halogens is 3. The fraction of sp³-hybridized carbons (Fsp3) is 0.417. The molecule has 4 nitrogen and oxygen atoms in total. The maximum atomic E-state index is 13.3. The normalized spacial score (nSPS) is 15.4. The van der Waals surface area contributed by atoms with Crippen LogP contribution in [0, 0.1) is 17.5 Å². The molecule has 0 radical (unpaired) electrons. The topological polar surface area (TPSA) is 41.6 Å². The minimum Gasteiger partial charge on any atom is -0.378 e. The maximum absolute atomic E-state index is 13.3. The van der Waals surface area contributed by atoms with E-state index in [0.717, 1.165) is 0 Å². The van der Waals surface area contributed by atoms with Crippen molar-refractivity contribution in [2.24, 2.45) is 0 Å². The number of carbonyl (C=O) groups is 1. The molecule has 1 amide bonds. The summed E-state index contributed by atoms with van der Waals surface area (Å²) in [6.07, 6.45) is 0. The lowest BCUT2D eigenvalue weighted by Crippen LogP contribution is -2.43. The number of amides is 1. The number of morpholine rings is 1. The summed E-state index contributed by atoms with van der Waals surface area (Å²) in [5.41, 5.74) is -0.236. The Bertz CT molecular complexity index is 476. The Morgan fingerprint density at radius 3 is 2.47 bits per heavy atom. The number of hydrogen-bond donors (Lipinski definition) is 1. The van der Waals surface area contributed by atoms with Crippen LogP contribution in [0.15, 0.2) is 12.1 Å². The molecular weight excluding hydrogens is 261 g/mol. The van der Waals surface area contributed by atoms with E-state index in [1.165, 1.54) is 0 Å². The first-order valence-corrected chi connectivity index (χ1v) is 5.82. The molecule has 0 aromatic heterocycles. The molecule has 0 bridgehead atoms. The van der Waals surface area contributed by atoms with Crippen molar-refractivity contribution in [1.29, 1.82) is 0 Å². The number of benzene rings is 1. The molecule has 19 heavy (non-hydrogen) atoms. The lowest BCUT2D eigenvalue weighted by Gasteiger charge is -2.27. The summed E-state index contributed by atoms with van der Waals surface area (Å²) in [5, 5.41) is 2.46. The summed E-state index contributed by atoms with van der Waals surface area (Å²) in [4.78, 5) is 13.3. The van der Waals surface area contributed by atoms with Crippen molar-refractivity contribution in [1.82, 2.24) is 4.90 Å². The quantitative estimate of drug-likeness (QED) is 0.847. The highest BCUT2D eigenvalue weighted by Crippen LogP contribution is 2.18. The first kappa shape index (κ1) is 13.7. The van der Waals surface area contributed by atoms with Crippen LogP contribution in [-0.4, -0.2) is 43.7 Å². The number of rotatable bonds is 3. The second-order valence-corrected chi connectivity index (χ2v) is 4.09. The van der Waals surface area contributed by atoms with Crippen LogP contribution < -0.4 is 5.32 Å². The third kappa shape index (κ3) is 3.37. The third-order valence-electron chi connectivity index (χ3n) is 2.80. The number of nitrogens with one attached hydrogen (secondary N) is 1. The van der Waals surface area contributed by atoms with Crippen LogP contribution in [0.2, 0.25) is 0 Å². The summed E-state index contributed by atoms with van der Waals surface area (Å²) >= 11 is 0. The predicted molar refractivity (Wildman–Crippen MR) is 62.2 cm³/mol. The summed E-state index contributed by atoms with van der Waals surface area (Å²) in [6.45, 7) is 1.69. The van der Waals surface area contributed by atoms with Gasteiger partial charge in [0.25, 0.3) is 0 Å². The van der Waals surface area contributed by atoms with Crippen LogP contribution in [0.3, 0.4) is 0 Å². The van der Waals surface area contributed by atoms with E-state index in [0.29, 0.717) is 38.4 Å². The number of hydrogen-bond acceptors (Lipinski definition) is 3. The van der Waals surface area contributed by atoms with Crippen molar-refractivity contribution in [3.05, 3.63) is 29.6 Å². The van der Waals surface area contributed by atoms with Gasteiger partial charge in [-0.3, -0.25) is 4.79 Å². The largest absolute Gasteiger partial charge is 0.378 e. The van der Waals surface area contributed by atoms with Crippen molar-refractivity contribution < 1.29 is 22.7 Å². The van der Waals surface area contributed by atoms with Crippen molar-refractivity contribution in [3.63, 3.8) is 0 Å². The molecule has 1 aliphatic heterocycles. The zero-order valence-electron chi connectivity index (χ0n) is 10.1. The van der Waals surface area contributed by atoms with Gasteiger partial charge in [-0.25, -0.2) is 13.2 Å². The molecule has 1 aliphatic rings. The molecule has 1 fully saturated rings. The van der Waals surface area contributed by atoms with Crippen LogP contribution in [0.1, 0.15) is 0 Å². The Kier molecular flexibility index (Phi) is 4.26. The fourth-order valence-corrected chi connectivity index (χ4v) is 1.75. The molecule has 0 unspecified atom stereocenters. The van der Waals surface area contributed by atoms with Gasteiger partial charge < -0.3 is 15.0 Å². The Morgan fingerprint density at radius 1 is 1.16 bits per heavy atom. The summed E-state index contributed by atoms with van der Waals surface area (Å²) < 4.78 is 44.1. The number of nitrogens with zero attached hydrogens (tertiary/aromatic N) is 1. The molecule has 1 heterocycles. The average Bonchev–Trinajstić information content (AvgIpc) is 2.42. The highest BCUT2D eigenvalue weighted by molar-refractivity contribution is 5.81. The highest BCUT2D eigenvalue weighted by atomic mass is 19.2. The number of ether oxygens (including phenoxy) is 1. The number of carbonyl (C=O) groups excluding carboxylic acids is 1. The van der Waals surface area contributed by atoms with Gasteiger partial charge in [0, 0.05) is 25.2 Å². The van der Waals surface area contributed by atoms with E-state index in [2.05, 4.69) is 5.32 Å². The SMILES string of the molecule is O=C(CNc1cc(F)c(F)cc1F)N1CCOCC1. The second-order valence-electron chi connectivity index (χ2n) is 4.09. The van der Waals surface area contributed by atoms with Gasteiger partial charge in [0.2, 0.25) is 5.91 Å². The molecule has 7 heteroatoms. The molecule has 0 aliphatic carbocycles. The van der Waals surface area contributed by atoms with Gasteiger partial charge in [0.05, 0.1) is 25.4 Å². The minimum atomic E-state index is -1.26. The third-order valence-corrected chi connectivity index (χ3v) is 2.80. The molecule has 1 N–H and O–H groups in total. The number of anilines is 1. The van der Waals surface area contributed by atoms with E-state index in [9.17, 15) is 18.0 Å². The van der Waals surface area contributed by atoms with E-state index in [4.69, 9.17) is 4.74 Å². The zero-order chi connectivity index (χ0) is 13.8. The van der Waals surface area contributed by atoms with Gasteiger partial charge in [-0.1, -0.05) is 0 Å². The molecule has 1 aromatic rings. The molecule has 0 spiro atoms. The molecule has 1 saturated heterocycles. The van der Waals surface area contributed by atoms with E-state index in [1.807, 2.05) is 0 Å². The van der Waals surface area contributed by atoms with Gasteiger partial charge >= 0.3 is 0 Å². The first-order chi connectivity index (χ1) is 9.08. The van der Waals surface area contributed by atoms with Crippen molar-refractivity contribution in [2.45, 2.75) is 0 Å². The molecule has 1 aromatic carbocycles. The monoisotopic (exact) mass is 274 g/mol. The smallest absolute Gasteiger partial charge is 0.242 e. The van der Waals surface area contributed by atoms with Gasteiger partial charge in [0.1, 0.15) is 5.82 Å². The highest BCUT2D eigenvalue weighted by Gasteiger charge is 2.17. The van der Waals surface area contributed by atoms with Crippen LogP contribution in [0.4, 0.5) is 18.9 Å². The van der Waals surface area contributed by atoms with Gasteiger partial charge in [-0.15, -0.1) is 0 Å². The van der Waals surface area contributed by atoms with Gasteiger partial charge in [-0.2, -0.15) is 0 Å². The molecular formula is C12H13F3N2O2. The summed E-state index contributed by atoms with van der Waals surface area (Å²) in [7, 11) is 0. The molecule has 0 atom stereocenters. The van der Waals surface area contributed by atoms with Gasteiger partial charge in [-0.05, 0) is 0 Å². The second kappa shape index (κ2) is 5.92. The zero-order valence-corrected chi connectivity index (χ0v) is 10.1. The van der Waals surface area contributed by atoms with Gasteiger partial charge in [0.15, 0.2) is 11.6 Å². The van der Waals surface area contributed by atoms with Crippen molar-refractivity contribution in [2.75, 3.05) is 38.2 Å². The first-order valence-electron chi connectivity index (χ1n) is 5.82. The summed E-state index contributed by atoms with van der Waals surface area (Å²) in [6, 6.07) is 1.13. The fourth-order valence-electron chi connectivity index (χ4n) is 1.75. The van der Waals surface area contributed by atoms with Crippen molar-refractivity contribution >= 4 is 11.6 Å². The Labute approximate surface area is 108 Å². The van der Waals surface area contributed by atoms with Crippen LogP contribution in [-0.2, 0) is 9.53 Å². The predicted octanol–water partition coefficient (Wildman–Crippen LogP) is 1.37. The van der Waals surface area contributed by atoms with Crippen LogP contribution in [0.25, 0.3) is 0 Å². The molecule has 2 rings (SSSR count). The Balaban J connectivity index is 1.94. The van der Waals surface area contributed by atoms with Crippen LogP contribution in [0.5, 0.6) is 0 Å². The standard InChI is InChI=1S/C12H13F3N2O2/c13-8-5-10(15)11(6-9(8)14)16-7-12(18)17-1-3-19-4-2-17/h5-6,16H,1-4,7H2. The van der Waals surface area contributed by atoms with E-state index in [1.54, 1.807) is 4.90 Å². The van der Waals surface area contributed by atoms with E-state index in [-0.39, 0.29) is 18.1 Å². The molecule has 0 saturated carbocycles. The Morgan fingerprint density at radius 2 is 1.79 bits per heavy atom. The Hall–Kier alpha value is -1.76. The van der Waals surface area contributed by atoms with E-state index < -0.39 is 17.5 Å². The average molecular weight is 274 g/mol. The maximum Gasteiger partial charge on any atom is 0.242 e. The lowest BCUT2D eigenvalue weighted by atomic mass is 10.2. The minimum absolute atomic E-state index is 0.179. The lowest BCUT2D eigenvalue weighted by molar-refractivity contribution is -0.133. The van der Waals surface area contributed by atoms with E-state index >= 15 is 0 Å². The summed E-state index contributed by atoms with van der Waals surface area (Å²) in [5.74, 6) is -3.61. The molecule has 104 valence electrons. The van der Waals surface area contributed by atoms with Crippen molar-refractivity contribution in [3.8, 4) is 0 Å². The van der Waals surface area contributed by atoms with Crippen LogP contribution >= 0.6 is 0 Å².